The third-order valence-electron chi connectivity index (χ3n) is 4.49. The van der Waals surface area contributed by atoms with E-state index >= 15 is 0 Å². The van der Waals surface area contributed by atoms with Crippen LogP contribution in [0.3, 0.4) is 0 Å². The van der Waals surface area contributed by atoms with Crippen LogP contribution >= 0.6 is 22.6 Å². The van der Waals surface area contributed by atoms with E-state index in [-0.39, 0.29) is 0 Å². The summed E-state index contributed by atoms with van der Waals surface area (Å²) in [6.07, 6.45) is 2.20. The Balaban J connectivity index is 2.30. The largest absolute Gasteiger partial charge is 0.0736 e. The van der Waals surface area contributed by atoms with E-state index in [2.05, 4.69) is 114 Å². The molecule has 0 saturated heterocycles. The van der Waals surface area contributed by atoms with Crippen LogP contribution in [0.4, 0.5) is 0 Å². The fourth-order valence-electron chi connectivity index (χ4n) is 3.44. The Hall–Kier alpha value is -2.13. The van der Waals surface area contributed by atoms with Crippen LogP contribution in [0.5, 0.6) is 0 Å². The van der Waals surface area contributed by atoms with Crippen molar-refractivity contribution < 1.29 is 0 Å². The Labute approximate surface area is 156 Å². The van der Waals surface area contributed by atoms with Crippen LogP contribution in [0.1, 0.15) is 12.5 Å². The zero-order valence-corrected chi connectivity index (χ0v) is 15.6. The number of fused-ring (bicyclic) bond motifs is 3. The molecule has 4 rings (SSSR count). The summed E-state index contributed by atoms with van der Waals surface area (Å²) in [7, 11) is 0. The summed E-state index contributed by atoms with van der Waals surface area (Å²) in [6, 6.07) is 28.2. The van der Waals surface area contributed by atoms with Gasteiger partial charge in [0, 0.05) is 9.14 Å². The molecule has 0 fully saturated rings. The maximum absolute atomic E-state index is 2.47. The standard InChI is InChI=1S/C23H17I/c1-2-21(24)23-20-15-9-7-13-18(20)17-12-6-8-14-19(17)22(23)16-10-4-3-5-11-16/h2-15H,1H3/b21-2-. The normalized spacial score (nSPS) is 12.0. The minimum Gasteiger partial charge on any atom is -0.0736 e. The predicted octanol–water partition coefficient (Wildman–Crippen LogP) is 7.46. The van der Waals surface area contributed by atoms with Gasteiger partial charge >= 0.3 is 0 Å². The Bertz CT molecular complexity index is 1060. The molecule has 0 radical (unpaired) electrons. The highest BCUT2D eigenvalue weighted by molar-refractivity contribution is 14.1. The van der Waals surface area contributed by atoms with Crippen LogP contribution in [-0.2, 0) is 0 Å². The molecule has 0 unspecified atom stereocenters. The van der Waals surface area contributed by atoms with E-state index in [0.29, 0.717) is 0 Å². The van der Waals surface area contributed by atoms with Gasteiger partial charge in [0.2, 0.25) is 0 Å². The molecule has 0 spiro atoms. The minimum absolute atomic E-state index is 1.27. The molecule has 0 atom stereocenters. The number of halogens is 1. The molecule has 0 bridgehead atoms. The van der Waals surface area contributed by atoms with Gasteiger partial charge in [0.15, 0.2) is 0 Å². The first-order chi connectivity index (χ1) is 11.8. The van der Waals surface area contributed by atoms with Gasteiger partial charge in [-0.25, -0.2) is 0 Å². The second kappa shape index (κ2) is 6.40. The highest BCUT2D eigenvalue weighted by Gasteiger charge is 2.16. The molecule has 0 N–H and O–H groups in total. The van der Waals surface area contributed by atoms with Crippen LogP contribution in [0.25, 0.3) is 36.3 Å². The van der Waals surface area contributed by atoms with E-state index in [9.17, 15) is 0 Å². The number of allylic oxidation sites excluding steroid dienone is 1. The lowest BCUT2D eigenvalue weighted by Gasteiger charge is -2.17. The van der Waals surface area contributed by atoms with E-state index in [1.165, 1.54) is 41.8 Å². The molecule has 0 heterocycles. The first-order valence-electron chi connectivity index (χ1n) is 8.12. The molecule has 4 aromatic rings. The van der Waals surface area contributed by atoms with E-state index < -0.39 is 0 Å². The van der Waals surface area contributed by atoms with Gasteiger partial charge in [-0.15, -0.1) is 0 Å². The summed E-state index contributed by atoms with van der Waals surface area (Å²) in [5.74, 6) is 0. The van der Waals surface area contributed by atoms with Crippen molar-refractivity contribution in [3.63, 3.8) is 0 Å². The van der Waals surface area contributed by atoms with Crippen molar-refractivity contribution in [1.82, 2.24) is 0 Å². The van der Waals surface area contributed by atoms with Gasteiger partial charge in [-0.3, -0.25) is 0 Å². The molecule has 24 heavy (non-hydrogen) atoms. The molecule has 116 valence electrons. The lowest BCUT2D eigenvalue weighted by molar-refractivity contribution is 1.64. The summed E-state index contributed by atoms with van der Waals surface area (Å²) < 4.78 is 1.29. The molecule has 0 amide bonds. The first-order valence-corrected chi connectivity index (χ1v) is 9.20. The van der Waals surface area contributed by atoms with Crippen molar-refractivity contribution in [2.24, 2.45) is 0 Å². The molecule has 1 heteroatoms. The van der Waals surface area contributed by atoms with E-state index in [1.807, 2.05) is 0 Å². The van der Waals surface area contributed by atoms with Gasteiger partial charge in [0.25, 0.3) is 0 Å². The predicted molar refractivity (Wildman–Crippen MR) is 115 cm³/mol. The van der Waals surface area contributed by atoms with Crippen LogP contribution in [0.2, 0.25) is 0 Å². The SMILES string of the molecule is C/C=C(\I)c1c(-c2ccccc2)c2ccccc2c2ccccc12. The van der Waals surface area contributed by atoms with E-state index in [4.69, 9.17) is 0 Å². The number of hydrogen-bond donors (Lipinski definition) is 0. The second-order valence-electron chi connectivity index (χ2n) is 5.84. The van der Waals surface area contributed by atoms with Crippen molar-refractivity contribution in [3.05, 3.63) is 90.5 Å². The zero-order valence-electron chi connectivity index (χ0n) is 13.5. The highest BCUT2D eigenvalue weighted by atomic mass is 127. The van der Waals surface area contributed by atoms with Crippen molar-refractivity contribution in [1.29, 1.82) is 0 Å². The minimum atomic E-state index is 1.27. The molecule has 0 saturated carbocycles. The Morgan fingerprint density at radius 2 is 1.17 bits per heavy atom. The Morgan fingerprint density at radius 3 is 1.79 bits per heavy atom. The quantitative estimate of drug-likeness (QED) is 0.233. The average molecular weight is 420 g/mol. The first kappa shape index (κ1) is 15.4. The summed E-state index contributed by atoms with van der Waals surface area (Å²) in [4.78, 5) is 0. The molecular weight excluding hydrogens is 403 g/mol. The van der Waals surface area contributed by atoms with Crippen molar-refractivity contribution >= 4 is 47.7 Å². The lowest BCUT2D eigenvalue weighted by Crippen LogP contribution is -1.92. The van der Waals surface area contributed by atoms with Crippen LogP contribution < -0.4 is 0 Å². The maximum Gasteiger partial charge on any atom is 0.0172 e. The Morgan fingerprint density at radius 1 is 0.667 bits per heavy atom. The summed E-state index contributed by atoms with van der Waals surface area (Å²) >= 11 is 2.47. The van der Waals surface area contributed by atoms with Crippen molar-refractivity contribution in [2.45, 2.75) is 6.92 Å². The van der Waals surface area contributed by atoms with Gasteiger partial charge < -0.3 is 0 Å². The molecule has 0 aromatic heterocycles. The van der Waals surface area contributed by atoms with Gasteiger partial charge in [-0.2, -0.15) is 0 Å². The van der Waals surface area contributed by atoms with Gasteiger partial charge in [0.1, 0.15) is 0 Å². The number of hydrogen-bond acceptors (Lipinski definition) is 0. The van der Waals surface area contributed by atoms with Crippen LogP contribution in [0, 0.1) is 0 Å². The van der Waals surface area contributed by atoms with Crippen molar-refractivity contribution in [2.75, 3.05) is 0 Å². The fourth-order valence-corrected chi connectivity index (χ4v) is 4.00. The third-order valence-corrected chi connectivity index (χ3v) is 5.65. The molecule has 0 nitrogen and oxygen atoms in total. The monoisotopic (exact) mass is 420 g/mol. The topological polar surface area (TPSA) is 0 Å². The summed E-state index contributed by atoms with van der Waals surface area (Å²) in [5, 5.41) is 5.26. The van der Waals surface area contributed by atoms with E-state index in [0.717, 1.165) is 0 Å². The van der Waals surface area contributed by atoms with E-state index in [1.54, 1.807) is 0 Å². The third kappa shape index (κ3) is 2.44. The van der Waals surface area contributed by atoms with Crippen molar-refractivity contribution in [3.8, 4) is 11.1 Å². The van der Waals surface area contributed by atoms with Gasteiger partial charge in [-0.1, -0.05) is 84.9 Å². The average Bonchev–Trinajstić information content (AvgIpc) is 2.67. The number of benzene rings is 4. The zero-order chi connectivity index (χ0) is 16.5. The molecular formula is C23H17I. The molecule has 0 aliphatic carbocycles. The fraction of sp³-hybridized carbons (Fsp3) is 0.0435. The van der Waals surface area contributed by atoms with Gasteiger partial charge in [0.05, 0.1) is 0 Å². The second-order valence-corrected chi connectivity index (χ2v) is 7.01. The smallest absolute Gasteiger partial charge is 0.0172 e. The lowest BCUT2D eigenvalue weighted by atomic mass is 9.88. The summed E-state index contributed by atoms with van der Waals surface area (Å²) in [6.45, 7) is 2.11. The number of rotatable bonds is 2. The van der Waals surface area contributed by atoms with Crippen LogP contribution in [0.15, 0.2) is 84.9 Å². The molecule has 0 aliphatic rings. The molecule has 0 aliphatic heterocycles. The van der Waals surface area contributed by atoms with Gasteiger partial charge in [-0.05, 0) is 62.2 Å². The van der Waals surface area contributed by atoms with Crippen LogP contribution in [-0.4, -0.2) is 0 Å². The summed E-state index contributed by atoms with van der Waals surface area (Å²) in [5.41, 5.74) is 3.93. The highest BCUT2D eigenvalue weighted by Crippen LogP contribution is 2.43. The Kier molecular flexibility index (Phi) is 4.11. The maximum atomic E-state index is 2.47. The molecule has 4 aromatic carbocycles.